The van der Waals surface area contributed by atoms with Crippen LogP contribution < -0.4 is 10.9 Å². The summed E-state index contributed by atoms with van der Waals surface area (Å²) in [5.74, 6) is 0.102. The van der Waals surface area contributed by atoms with Gasteiger partial charge in [0.05, 0.1) is 22.3 Å². The number of aryl methyl sites for hydroxylation is 1. The highest BCUT2D eigenvalue weighted by atomic mass is 35.5. The first-order valence-corrected chi connectivity index (χ1v) is 11.0. The molecule has 0 aliphatic rings. The largest absolute Gasteiger partial charge is 0.353 e. The van der Waals surface area contributed by atoms with E-state index in [2.05, 4.69) is 17.2 Å². The lowest BCUT2D eigenvalue weighted by Gasteiger charge is -2.15. The Morgan fingerprint density at radius 2 is 2.07 bits per heavy atom. The monoisotopic (exact) mass is 429 g/mol. The SMILES string of the molecule is CCCC(C)NC(=O)CSc1nc2cc(Cl)ccc2c(=O)n1-c1cccc(C)c1. The molecule has 0 spiro atoms. The summed E-state index contributed by atoms with van der Waals surface area (Å²) >= 11 is 7.34. The summed E-state index contributed by atoms with van der Waals surface area (Å²) in [6.45, 7) is 6.05. The summed E-state index contributed by atoms with van der Waals surface area (Å²) in [4.78, 5) is 30.2. The van der Waals surface area contributed by atoms with Crippen molar-refractivity contribution in [3.8, 4) is 5.69 Å². The van der Waals surface area contributed by atoms with Gasteiger partial charge in [-0.1, -0.05) is 48.8 Å². The summed E-state index contributed by atoms with van der Waals surface area (Å²) < 4.78 is 1.57. The summed E-state index contributed by atoms with van der Waals surface area (Å²) in [5, 5.41) is 4.45. The summed E-state index contributed by atoms with van der Waals surface area (Å²) in [5.41, 5.74) is 2.10. The summed E-state index contributed by atoms with van der Waals surface area (Å²) in [6.07, 6.45) is 1.94. The number of thioether (sulfide) groups is 1. The molecule has 1 heterocycles. The molecule has 7 heteroatoms. The van der Waals surface area contributed by atoms with Gasteiger partial charge in [-0.15, -0.1) is 0 Å². The van der Waals surface area contributed by atoms with Crippen molar-refractivity contribution in [3.05, 3.63) is 63.4 Å². The lowest BCUT2D eigenvalue weighted by molar-refractivity contribution is -0.119. The van der Waals surface area contributed by atoms with Crippen LogP contribution in [0.4, 0.5) is 0 Å². The number of nitrogens with one attached hydrogen (secondary N) is 1. The van der Waals surface area contributed by atoms with Gasteiger partial charge in [0.2, 0.25) is 5.91 Å². The fourth-order valence-corrected chi connectivity index (χ4v) is 4.17. The number of benzene rings is 2. The number of halogens is 1. The highest BCUT2D eigenvalue weighted by Gasteiger charge is 2.16. The quantitative estimate of drug-likeness (QED) is 0.435. The maximum atomic E-state index is 13.2. The molecule has 0 fully saturated rings. The van der Waals surface area contributed by atoms with Crippen LogP contribution in [-0.2, 0) is 4.79 Å². The Bertz CT molecular complexity index is 1100. The van der Waals surface area contributed by atoms with Crippen molar-refractivity contribution in [1.82, 2.24) is 14.9 Å². The first-order chi connectivity index (χ1) is 13.9. The zero-order valence-corrected chi connectivity index (χ0v) is 18.3. The highest BCUT2D eigenvalue weighted by Crippen LogP contribution is 2.23. The Balaban J connectivity index is 2.01. The lowest BCUT2D eigenvalue weighted by Crippen LogP contribution is -2.34. The van der Waals surface area contributed by atoms with E-state index in [-0.39, 0.29) is 23.3 Å². The number of rotatable bonds is 7. The first kappa shape index (κ1) is 21.4. The van der Waals surface area contributed by atoms with Crippen molar-refractivity contribution in [2.24, 2.45) is 0 Å². The zero-order chi connectivity index (χ0) is 21.0. The average Bonchev–Trinajstić information content (AvgIpc) is 2.66. The number of carbonyl (C=O) groups excluding carboxylic acids is 1. The molecule has 29 heavy (non-hydrogen) atoms. The third kappa shape index (κ3) is 5.19. The van der Waals surface area contributed by atoms with E-state index in [1.54, 1.807) is 22.8 Å². The normalized spacial score (nSPS) is 12.1. The van der Waals surface area contributed by atoms with Crippen LogP contribution in [0.15, 0.2) is 52.4 Å². The zero-order valence-electron chi connectivity index (χ0n) is 16.7. The van der Waals surface area contributed by atoms with Crippen LogP contribution in [0.5, 0.6) is 0 Å². The average molecular weight is 430 g/mol. The van der Waals surface area contributed by atoms with Crippen LogP contribution >= 0.6 is 23.4 Å². The topological polar surface area (TPSA) is 64.0 Å². The van der Waals surface area contributed by atoms with Crippen molar-refractivity contribution in [2.75, 3.05) is 5.75 Å². The molecule has 0 saturated carbocycles. The maximum absolute atomic E-state index is 13.2. The van der Waals surface area contributed by atoms with Crippen LogP contribution in [0.3, 0.4) is 0 Å². The highest BCUT2D eigenvalue weighted by molar-refractivity contribution is 7.99. The number of carbonyl (C=O) groups is 1. The number of hydrogen-bond acceptors (Lipinski definition) is 4. The summed E-state index contributed by atoms with van der Waals surface area (Å²) in [7, 11) is 0. The van der Waals surface area contributed by atoms with Gasteiger partial charge in [0, 0.05) is 11.1 Å². The molecule has 0 aliphatic heterocycles. The molecule has 5 nitrogen and oxygen atoms in total. The fourth-order valence-electron chi connectivity index (χ4n) is 3.18. The molecule has 2 aromatic carbocycles. The van der Waals surface area contributed by atoms with Gasteiger partial charge in [-0.25, -0.2) is 4.98 Å². The number of hydrogen-bond donors (Lipinski definition) is 1. The Kier molecular flexibility index (Phi) is 6.98. The second-order valence-electron chi connectivity index (χ2n) is 7.08. The van der Waals surface area contributed by atoms with Gasteiger partial charge in [-0.3, -0.25) is 14.2 Å². The maximum Gasteiger partial charge on any atom is 0.266 e. The number of nitrogens with zero attached hydrogens (tertiary/aromatic N) is 2. The van der Waals surface area contributed by atoms with Crippen LogP contribution in [0, 0.1) is 6.92 Å². The van der Waals surface area contributed by atoms with Gasteiger partial charge >= 0.3 is 0 Å². The molecule has 1 N–H and O–H groups in total. The van der Waals surface area contributed by atoms with Gasteiger partial charge < -0.3 is 5.32 Å². The summed E-state index contributed by atoms with van der Waals surface area (Å²) in [6, 6.07) is 12.8. The molecule has 0 saturated heterocycles. The molecule has 1 aromatic heterocycles. The van der Waals surface area contributed by atoms with Gasteiger partial charge in [0.1, 0.15) is 0 Å². The predicted molar refractivity (Wildman–Crippen MR) is 120 cm³/mol. The molecule has 0 bridgehead atoms. The van der Waals surface area contributed by atoms with Crippen molar-refractivity contribution in [3.63, 3.8) is 0 Å². The Hall–Kier alpha value is -2.31. The minimum absolute atomic E-state index is 0.0767. The molecular weight excluding hydrogens is 406 g/mol. The second-order valence-corrected chi connectivity index (χ2v) is 8.46. The Labute approximate surface area is 179 Å². The Morgan fingerprint density at radius 3 is 2.79 bits per heavy atom. The van der Waals surface area contributed by atoms with E-state index >= 15 is 0 Å². The number of fused-ring (bicyclic) bond motifs is 1. The third-order valence-electron chi connectivity index (χ3n) is 4.52. The minimum atomic E-state index is -0.181. The van der Waals surface area contributed by atoms with Gasteiger partial charge in [-0.05, 0) is 56.2 Å². The van der Waals surface area contributed by atoms with E-state index in [1.807, 2.05) is 38.1 Å². The molecule has 1 atom stereocenters. The van der Waals surface area contributed by atoms with Crippen LogP contribution in [0.25, 0.3) is 16.6 Å². The van der Waals surface area contributed by atoms with Crippen molar-refractivity contribution >= 4 is 40.2 Å². The third-order valence-corrected chi connectivity index (χ3v) is 5.70. The van der Waals surface area contributed by atoms with E-state index < -0.39 is 0 Å². The molecular formula is C22H24ClN3O2S. The van der Waals surface area contributed by atoms with Crippen LogP contribution in [0.2, 0.25) is 5.02 Å². The van der Waals surface area contributed by atoms with Crippen LogP contribution in [0.1, 0.15) is 32.3 Å². The first-order valence-electron chi connectivity index (χ1n) is 9.60. The van der Waals surface area contributed by atoms with Gasteiger partial charge in [-0.2, -0.15) is 0 Å². The Morgan fingerprint density at radius 1 is 1.28 bits per heavy atom. The van der Waals surface area contributed by atoms with Gasteiger partial charge in [0.25, 0.3) is 5.56 Å². The van der Waals surface area contributed by atoms with Crippen molar-refractivity contribution in [2.45, 2.75) is 44.8 Å². The minimum Gasteiger partial charge on any atom is -0.353 e. The second kappa shape index (κ2) is 9.46. The van der Waals surface area contributed by atoms with Gasteiger partial charge in [0.15, 0.2) is 5.16 Å². The smallest absolute Gasteiger partial charge is 0.266 e. The van der Waals surface area contributed by atoms with Crippen molar-refractivity contribution < 1.29 is 4.79 Å². The molecule has 3 aromatic rings. The molecule has 152 valence electrons. The number of amides is 1. The fraction of sp³-hybridized carbons (Fsp3) is 0.318. The standard InChI is InChI=1S/C22H24ClN3O2S/c1-4-6-15(3)24-20(27)13-29-22-25-19-12-16(23)9-10-18(19)21(28)26(22)17-8-5-7-14(2)11-17/h5,7-12,15H,4,6,13H2,1-3H3,(H,24,27). The molecule has 0 radical (unpaired) electrons. The molecule has 0 aliphatic carbocycles. The van der Waals surface area contributed by atoms with E-state index in [0.717, 1.165) is 24.1 Å². The predicted octanol–water partition coefficient (Wildman–Crippen LogP) is 4.74. The van der Waals surface area contributed by atoms with Crippen molar-refractivity contribution in [1.29, 1.82) is 0 Å². The molecule has 1 unspecified atom stereocenters. The van der Waals surface area contributed by atoms with Crippen LogP contribution in [-0.4, -0.2) is 27.3 Å². The van der Waals surface area contributed by atoms with E-state index in [1.165, 1.54) is 11.8 Å². The lowest BCUT2D eigenvalue weighted by atomic mass is 10.2. The molecule has 1 amide bonds. The van der Waals surface area contributed by atoms with E-state index in [0.29, 0.717) is 21.1 Å². The van der Waals surface area contributed by atoms with E-state index in [4.69, 9.17) is 11.6 Å². The number of aromatic nitrogens is 2. The van der Waals surface area contributed by atoms with E-state index in [9.17, 15) is 9.59 Å². The molecule has 3 rings (SSSR count).